The van der Waals surface area contributed by atoms with Crippen LogP contribution < -0.4 is 5.32 Å². The number of nitrogens with one attached hydrogen (secondary N) is 1. The maximum absolute atomic E-state index is 6.22. The van der Waals surface area contributed by atoms with E-state index in [2.05, 4.69) is 45.0 Å². The van der Waals surface area contributed by atoms with E-state index in [1.54, 1.807) is 6.20 Å². The van der Waals surface area contributed by atoms with Crippen LogP contribution >= 0.6 is 11.6 Å². The zero-order valence-electron chi connectivity index (χ0n) is 13.0. The second-order valence-corrected chi connectivity index (χ2v) is 6.57. The predicted octanol–water partition coefficient (Wildman–Crippen LogP) is 3.90. The largest absolute Gasteiger partial charge is 0.313 e. The van der Waals surface area contributed by atoms with Crippen LogP contribution in [0.1, 0.15) is 53.2 Å². The molecule has 19 heavy (non-hydrogen) atoms. The molecule has 0 aliphatic heterocycles. The van der Waals surface area contributed by atoms with Crippen LogP contribution in [0.15, 0.2) is 6.20 Å². The Balaban J connectivity index is 2.67. The Kier molecular flexibility index (Phi) is 6.34. The van der Waals surface area contributed by atoms with Gasteiger partial charge in [0.25, 0.3) is 0 Å². The molecule has 1 N–H and O–H groups in total. The summed E-state index contributed by atoms with van der Waals surface area (Å²) >= 11 is 6.22. The van der Waals surface area contributed by atoms with Crippen molar-refractivity contribution in [1.82, 2.24) is 15.1 Å². The fourth-order valence-corrected chi connectivity index (χ4v) is 2.59. The van der Waals surface area contributed by atoms with E-state index >= 15 is 0 Å². The maximum atomic E-state index is 6.22. The number of nitrogens with zero attached hydrogens (tertiary/aromatic N) is 2. The quantitative estimate of drug-likeness (QED) is 0.823. The summed E-state index contributed by atoms with van der Waals surface area (Å²) in [6, 6.07) is 0.503. The molecule has 1 aromatic heterocycles. The van der Waals surface area contributed by atoms with E-state index in [9.17, 15) is 0 Å². The molecule has 0 aromatic carbocycles. The van der Waals surface area contributed by atoms with Gasteiger partial charge in [-0.3, -0.25) is 4.68 Å². The lowest BCUT2D eigenvalue weighted by molar-refractivity contribution is 0.254. The van der Waals surface area contributed by atoms with Gasteiger partial charge in [0.05, 0.1) is 16.9 Å². The molecular weight excluding hydrogens is 258 g/mol. The Hall–Kier alpha value is -0.540. The standard InChI is InChI=1S/C15H28ClN3/c1-6-10-17-14(15(3,4)5)9-8-13-12(16)11-18-19(13)7-2/h11,14,17H,6-10H2,1-5H3. The molecule has 1 aromatic rings. The Labute approximate surface area is 122 Å². The molecule has 0 bridgehead atoms. The van der Waals surface area contributed by atoms with E-state index in [1.807, 2.05) is 4.68 Å². The molecule has 0 saturated heterocycles. The Morgan fingerprint density at radius 3 is 2.58 bits per heavy atom. The van der Waals surface area contributed by atoms with Crippen LogP contribution in [0.3, 0.4) is 0 Å². The van der Waals surface area contributed by atoms with Crippen LogP contribution in [-0.2, 0) is 13.0 Å². The van der Waals surface area contributed by atoms with Crippen LogP contribution in [0.5, 0.6) is 0 Å². The molecule has 1 unspecified atom stereocenters. The summed E-state index contributed by atoms with van der Waals surface area (Å²) in [6.07, 6.45) is 4.99. The summed E-state index contributed by atoms with van der Waals surface area (Å²) in [5.74, 6) is 0. The van der Waals surface area contributed by atoms with Gasteiger partial charge in [-0.25, -0.2) is 0 Å². The molecule has 1 atom stereocenters. The molecule has 3 nitrogen and oxygen atoms in total. The van der Waals surface area contributed by atoms with E-state index in [4.69, 9.17) is 11.6 Å². The van der Waals surface area contributed by atoms with Crippen molar-refractivity contribution < 1.29 is 0 Å². The van der Waals surface area contributed by atoms with Gasteiger partial charge < -0.3 is 5.32 Å². The predicted molar refractivity (Wildman–Crippen MR) is 82.8 cm³/mol. The van der Waals surface area contributed by atoms with Crippen molar-refractivity contribution in [2.45, 2.75) is 66.5 Å². The van der Waals surface area contributed by atoms with Gasteiger partial charge in [0.2, 0.25) is 0 Å². The highest BCUT2D eigenvalue weighted by atomic mass is 35.5. The number of aryl methyl sites for hydroxylation is 1. The van der Waals surface area contributed by atoms with Gasteiger partial charge in [0.1, 0.15) is 0 Å². The molecule has 1 heterocycles. The number of rotatable bonds is 7. The molecule has 110 valence electrons. The van der Waals surface area contributed by atoms with Crippen molar-refractivity contribution in [2.75, 3.05) is 6.54 Å². The summed E-state index contributed by atoms with van der Waals surface area (Å²) in [7, 11) is 0. The number of halogens is 1. The van der Waals surface area contributed by atoms with E-state index in [1.165, 1.54) is 6.42 Å². The molecule has 1 rings (SSSR count). The van der Waals surface area contributed by atoms with E-state index in [0.29, 0.717) is 6.04 Å². The third kappa shape index (κ3) is 4.81. The van der Waals surface area contributed by atoms with Crippen LogP contribution in [0.25, 0.3) is 0 Å². The smallest absolute Gasteiger partial charge is 0.0817 e. The van der Waals surface area contributed by atoms with Gasteiger partial charge in [-0.05, 0) is 38.1 Å². The van der Waals surface area contributed by atoms with Crippen molar-refractivity contribution in [2.24, 2.45) is 5.41 Å². The fourth-order valence-electron chi connectivity index (χ4n) is 2.35. The van der Waals surface area contributed by atoms with E-state index < -0.39 is 0 Å². The average Bonchev–Trinajstić information content (AvgIpc) is 2.68. The van der Waals surface area contributed by atoms with Crippen LogP contribution in [0.4, 0.5) is 0 Å². The van der Waals surface area contributed by atoms with Crippen molar-refractivity contribution in [1.29, 1.82) is 0 Å². The minimum atomic E-state index is 0.263. The summed E-state index contributed by atoms with van der Waals surface area (Å²) < 4.78 is 2.00. The van der Waals surface area contributed by atoms with Crippen LogP contribution in [0, 0.1) is 5.41 Å². The minimum Gasteiger partial charge on any atom is -0.313 e. The Bertz CT molecular complexity index is 379. The molecule has 0 radical (unpaired) electrons. The first-order valence-electron chi connectivity index (χ1n) is 7.33. The Morgan fingerprint density at radius 1 is 1.37 bits per heavy atom. The minimum absolute atomic E-state index is 0.263. The van der Waals surface area contributed by atoms with Gasteiger partial charge in [-0.2, -0.15) is 5.10 Å². The number of hydrogen-bond acceptors (Lipinski definition) is 2. The molecular formula is C15H28ClN3. The monoisotopic (exact) mass is 285 g/mol. The second-order valence-electron chi connectivity index (χ2n) is 6.17. The van der Waals surface area contributed by atoms with Crippen LogP contribution in [-0.4, -0.2) is 22.4 Å². The highest BCUT2D eigenvalue weighted by Gasteiger charge is 2.24. The first-order chi connectivity index (χ1) is 8.90. The summed E-state index contributed by atoms with van der Waals surface area (Å²) in [5, 5.41) is 8.75. The average molecular weight is 286 g/mol. The molecule has 0 aliphatic rings. The molecule has 0 aliphatic carbocycles. The lowest BCUT2D eigenvalue weighted by Crippen LogP contribution is -2.41. The first-order valence-corrected chi connectivity index (χ1v) is 7.71. The lowest BCUT2D eigenvalue weighted by atomic mass is 9.83. The van der Waals surface area contributed by atoms with Gasteiger partial charge >= 0.3 is 0 Å². The fraction of sp³-hybridized carbons (Fsp3) is 0.800. The van der Waals surface area contributed by atoms with Crippen molar-refractivity contribution >= 4 is 11.6 Å². The summed E-state index contributed by atoms with van der Waals surface area (Å²) in [5.41, 5.74) is 1.43. The van der Waals surface area contributed by atoms with E-state index in [-0.39, 0.29) is 5.41 Å². The van der Waals surface area contributed by atoms with Crippen molar-refractivity contribution in [3.8, 4) is 0 Å². The third-order valence-electron chi connectivity index (χ3n) is 3.55. The van der Waals surface area contributed by atoms with Crippen LogP contribution in [0.2, 0.25) is 5.02 Å². The van der Waals surface area contributed by atoms with Crippen molar-refractivity contribution in [3.05, 3.63) is 16.9 Å². The lowest BCUT2D eigenvalue weighted by Gasteiger charge is -2.32. The topological polar surface area (TPSA) is 29.9 Å². The van der Waals surface area contributed by atoms with Crippen molar-refractivity contribution in [3.63, 3.8) is 0 Å². The van der Waals surface area contributed by atoms with Gasteiger partial charge in [0.15, 0.2) is 0 Å². The summed E-state index contributed by atoms with van der Waals surface area (Å²) in [4.78, 5) is 0. The normalized spacial score (nSPS) is 13.8. The first kappa shape index (κ1) is 16.5. The van der Waals surface area contributed by atoms with Gasteiger partial charge in [0, 0.05) is 12.6 Å². The summed E-state index contributed by atoms with van der Waals surface area (Å²) in [6.45, 7) is 13.1. The second kappa shape index (κ2) is 7.30. The van der Waals surface area contributed by atoms with E-state index in [0.717, 1.165) is 36.6 Å². The maximum Gasteiger partial charge on any atom is 0.0817 e. The third-order valence-corrected chi connectivity index (χ3v) is 3.87. The number of aromatic nitrogens is 2. The highest BCUT2D eigenvalue weighted by Crippen LogP contribution is 2.25. The van der Waals surface area contributed by atoms with Gasteiger partial charge in [-0.1, -0.05) is 39.3 Å². The molecule has 4 heteroatoms. The van der Waals surface area contributed by atoms with Gasteiger partial charge in [-0.15, -0.1) is 0 Å². The zero-order valence-corrected chi connectivity index (χ0v) is 13.7. The zero-order chi connectivity index (χ0) is 14.5. The molecule has 0 saturated carbocycles. The highest BCUT2D eigenvalue weighted by molar-refractivity contribution is 6.31. The number of hydrogen-bond donors (Lipinski definition) is 1. The molecule has 0 fully saturated rings. The molecule has 0 amide bonds. The molecule has 0 spiro atoms. The SMILES string of the molecule is CCCNC(CCc1c(Cl)cnn1CC)C(C)(C)C. The Morgan fingerprint density at radius 2 is 2.05 bits per heavy atom.